The highest BCUT2D eigenvalue weighted by molar-refractivity contribution is 5.71. The molecule has 0 fully saturated rings. The Kier molecular flexibility index (Phi) is 51.7. The number of carbonyl (C=O) groups is 3. The van der Waals surface area contributed by atoms with Crippen molar-refractivity contribution < 1.29 is 28.6 Å². The molecule has 63 heavy (non-hydrogen) atoms. The van der Waals surface area contributed by atoms with Crippen LogP contribution < -0.4 is 0 Å². The summed E-state index contributed by atoms with van der Waals surface area (Å²) in [6.45, 7) is 6.71. The van der Waals surface area contributed by atoms with Gasteiger partial charge in [0, 0.05) is 19.3 Å². The van der Waals surface area contributed by atoms with Crippen LogP contribution in [0.25, 0.3) is 0 Å². The largest absolute Gasteiger partial charge is 0.462 e. The number of hydrogen-bond acceptors (Lipinski definition) is 6. The molecule has 0 saturated heterocycles. The Morgan fingerprint density at radius 2 is 0.429 bits per heavy atom. The standard InChI is InChI=1S/C57H110O6/c1-4-7-10-13-16-19-22-25-28-30-32-35-38-41-44-47-50-56(59)62-53-54(52-61-55(58)49-46-43-40-37-34-31-27-24-21-18-15-12-9-6-3)63-57(60)51-48-45-42-39-36-33-29-26-23-20-17-14-11-8-5-2/h54H,4-53H2,1-3H3. The van der Waals surface area contributed by atoms with Crippen LogP contribution in [0.5, 0.6) is 0 Å². The molecule has 1 unspecified atom stereocenters. The van der Waals surface area contributed by atoms with Crippen molar-refractivity contribution in [3.05, 3.63) is 0 Å². The van der Waals surface area contributed by atoms with Crippen molar-refractivity contribution in [3.8, 4) is 0 Å². The minimum absolute atomic E-state index is 0.0611. The lowest BCUT2D eigenvalue weighted by Crippen LogP contribution is -2.30. The van der Waals surface area contributed by atoms with Crippen LogP contribution in [-0.4, -0.2) is 37.2 Å². The third-order valence-electron chi connectivity index (χ3n) is 13.1. The highest BCUT2D eigenvalue weighted by Gasteiger charge is 2.19. The number of rotatable bonds is 53. The lowest BCUT2D eigenvalue weighted by molar-refractivity contribution is -0.167. The Labute approximate surface area is 393 Å². The van der Waals surface area contributed by atoms with E-state index in [2.05, 4.69) is 20.8 Å². The first-order valence-electron chi connectivity index (χ1n) is 28.5. The molecule has 0 amide bonds. The van der Waals surface area contributed by atoms with Gasteiger partial charge in [-0.1, -0.05) is 290 Å². The molecule has 0 aliphatic carbocycles. The van der Waals surface area contributed by atoms with E-state index in [1.807, 2.05) is 0 Å². The average Bonchev–Trinajstić information content (AvgIpc) is 3.28. The highest BCUT2D eigenvalue weighted by atomic mass is 16.6. The van der Waals surface area contributed by atoms with Crippen molar-refractivity contribution in [3.63, 3.8) is 0 Å². The van der Waals surface area contributed by atoms with E-state index in [9.17, 15) is 14.4 Å². The predicted octanol–water partition coefficient (Wildman–Crippen LogP) is 18.8. The molecule has 0 aliphatic rings. The number of unbranched alkanes of at least 4 members (excludes halogenated alkanes) is 42. The Bertz CT molecular complexity index is 936. The maximum Gasteiger partial charge on any atom is 0.306 e. The van der Waals surface area contributed by atoms with Crippen molar-refractivity contribution in [2.75, 3.05) is 13.2 Å². The van der Waals surface area contributed by atoms with E-state index < -0.39 is 6.10 Å². The van der Waals surface area contributed by atoms with Crippen LogP contribution in [0.3, 0.4) is 0 Å². The summed E-state index contributed by atoms with van der Waals surface area (Å²) < 4.78 is 16.9. The molecule has 0 aromatic rings. The summed E-state index contributed by atoms with van der Waals surface area (Å²) in [5.41, 5.74) is 0. The molecule has 1 atom stereocenters. The van der Waals surface area contributed by atoms with E-state index in [0.29, 0.717) is 19.3 Å². The summed E-state index contributed by atoms with van der Waals surface area (Å²) in [5, 5.41) is 0. The van der Waals surface area contributed by atoms with Gasteiger partial charge in [-0.05, 0) is 19.3 Å². The Balaban J connectivity index is 4.29. The molecule has 0 bridgehead atoms. The Hall–Kier alpha value is -1.59. The Morgan fingerprint density at radius 3 is 0.635 bits per heavy atom. The minimum Gasteiger partial charge on any atom is -0.462 e. The molecule has 0 rings (SSSR count). The van der Waals surface area contributed by atoms with Crippen molar-refractivity contribution in [2.45, 2.75) is 335 Å². The molecule has 0 aromatic carbocycles. The third-order valence-corrected chi connectivity index (χ3v) is 13.1. The molecule has 0 aliphatic heterocycles. The molecule has 0 aromatic heterocycles. The summed E-state index contributed by atoms with van der Waals surface area (Å²) in [7, 11) is 0. The SMILES string of the molecule is CCCCCCCCCCCCCCCCCCC(=O)OCC(COC(=O)CCCCCCCCCCCCCCCC)OC(=O)CCCCCCCCCCCCCCCCC. The van der Waals surface area contributed by atoms with Gasteiger partial charge in [0.2, 0.25) is 0 Å². The Morgan fingerprint density at radius 1 is 0.254 bits per heavy atom. The average molecular weight is 892 g/mol. The summed E-state index contributed by atoms with van der Waals surface area (Å²) in [4.78, 5) is 38.1. The van der Waals surface area contributed by atoms with Crippen LogP contribution >= 0.6 is 0 Å². The van der Waals surface area contributed by atoms with Gasteiger partial charge in [0.1, 0.15) is 13.2 Å². The van der Waals surface area contributed by atoms with Crippen molar-refractivity contribution >= 4 is 17.9 Å². The molecule has 0 N–H and O–H groups in total. The minimum atomic E-state index is -0.760. The van der Waals surface area contributed by atoms with Gasteiger partial charge in [-0.25, -0.2) is 0 Å². The molecule has 6 nitrogen and oxygen atoms in total. The van der Waals surface area contributed by atoms with Crippen LogP contribution in [0.1, 0.15) is 329 Å². The van der Waals surface area contributed by atoms with Gasteiger partial charge in [-0.3, -0.25) is 14.4 Å². The molecule has 6 heteroatoms. The number of carbonyl (C=O) groups excluding carboxylic acids is 3. The molecular weight excluding hydrogens is 781 g/mol. The second-order valence-corrected chi connectivity index (χ2v) is 19.6. The van der Waals surface area contributed by atoms with Crippen LogP contribution in [0.4, 0.5) is 0 Å². The molecule has 374 valence electrons. The van der Waals surface area contributed by atoms with Gasteiger partial charge in [0.05, 0.1) is 0 Å². The summed E-state index contributed by atoms with van der Waals surface area (Å²) in [6.07, 6.45) is 58.0. The van der Waals surface area contributed by atoms with Crippen LogP contribution in [-0.2, 0) is 28.6 Å². The van der Waals surface area contributed by atoms with E-state index in [-0.39, 0.29) is 31.1 Å². The smallest absolute Gasteiger partial charge is 0.306 e. The zero-order valence-corrected chi connectivity index (χ0v) is 42.9. The fourth-order valence-electron chi connectivity index (χ4n) is 8.80. The normalized spacial score (nSPS) is 11.9. The van der Waals surface area contributed by atoms with Gasteiger partial charge >= 0.3 is 17.9 Å². The van der Waals surface area contributed by atoms with E-state index in [0.717, 1.165) is 57.8 Å². The second kappa shape index (κ2) is 53.0. The maximum atomic E-state index is 12.8. The van der Waals surface area contributed by atoms with Crippen molar-refractivity contribution in [1.29, 1.82) is 0 Å². The van der Waals surface area contributed by atoms with Gasteiger partial charge in [-0.2, -0.15) is 0 Å². The van der Waals surface area contributed by atoms with Gasteiger partial charge in [0.15, 0.2) is 6.10 Å². The summed E-state index contributed by atoms with van der Waals surface area (Å²) in [5.74, 6) is -0.832. The number of ether oxygens (including phenoxy) is 3. The first kappa shape index (κ1) is 61.4. The van der Waals surface area contributed by atoms with Crippen LogP contribution in [0.2, 0.25) is 0 Å². The van der Waals surface area contributed by atoms with Crippen molar-refractivity contribution in [2.24, 2.45) is 0 Å². The molecule has 0 radical (unpaired) electrons. The lowest BCUT2D eigenvalue weighted by atomic mass is 10.0. The van der Waals surface area contributed by atoms with E-state index in [1.165, 1.54) is 231 Å². The van der Waals surface area contributed by atoms with Crippen molar-refractivity contribution in [1.82, 2.24) is 0 Å². The van der Waals surface area contributed by atoms with Gasteiger partial charge in [0.25, 0.3) is 0 Å². The van der Waals surface area contributed by atoms with E-state index in [1.54, 1.807) is 0 Å². The van der Waals surface area contributed by atoms with E-state index in [4.69, 9.17) is 14.2 Å². The second-order valence-electron chi connectivity index (χ2n) is 19.6. The number of esters is 3. The zero-order valence-electron chi connectivity index (χ0n) is 42.9. The summed E-state index contributed by atoms with van der Waals surface area (Å²) >= 11 is 0. The number of hydrogen-bond donors (Lipinski definition) is 0. The molecular formula is C57H110O6. The van der Waals surface area contributed by atoms with E-state index >= 15 is 0 Å². The summed E-state index contributed by atoms with van der Waals surface area (Å²) in [6, 6.07) is 0. The van der Waals surface area contributed by atoms with Crippen LogP contribution in [0.15, 0.2) is 0 Å². The topological polar surface area (TPSA) is 78.9 Å². The molecule has 0 spiro atoms. The predicted molar refractivity (Wildman–Crippen MR) is 270 cm³/mol. The molecule has 0 heterocycles. The quantitative estimate of drug-likeness (QED) is 0.0344. The third kappa shape index (κ3) is 51.3. The van der Waals surface area contributed by atoms with Gasteiger partial charge in [-0.15, -0.1) is 0 Å². The maximum absolute atomic E-state index is 12.8. The van der Waals surface area contributed by atoms with Gasteiger partial charge < -0.3 is 14.2 Å². The fraction of sp³-hybridized carbons (Fsp3) is 0.947. The lowest BCUT2D eigenvalue weighted by Gasteiger charge is -2.18. The first-order chi connectivity index (χ1) is 31.0. The first-order valence-corrected chi connectivity index (χ1v) is 28.5. The fourth-order valence-corrected chi connectivity index (χ4v) is 8.80. The zero-order chi connectivity index (χ0) is 45.8. The highest BCUT2D eigenvalue weighted by Crippen LogP contribution is 2.17. The van der Waals surface area contributed by atoms with Crippen LogP contribution in [0, 0.1) is 0 Å². The monoisotopic (exact) mass is 891 g/mol. The molecule has 0 saturated carbocycles.